The van der Waals surface area contributed by atoms with Crippen molar-refractivity contribution in [2.45, 2.75) is 32.4 Å². The molecule has 3 heterocycles. The highest BCUT2D eigenvalue weighted by atomic mass is 16.2. The summed E-state index contributed by atoms with van der Waals surface area (Å²) in [5.41, 5.74) is 4.33. The fraction of sp³-hybridized carbons (Fsp3) is 0.318. The number of H-pyrrole nitrogens is 1. The van der Waals surface area contributed by atoms with E-state index < -0.39 is 0 Å². The van der Waals surface area contributed by atoms with Gasteiger partial charge in [0.05, 0.1) is 5.69 Å². The predicted molar refractivity (Wildman–Crippen MR) is 114 cm³/mol. The number of pyridine rings is 1. The van der Waals surface area contributed by atoms with Crippen LogP contribution in [0.5, 0.6) is 0 Å². The van der Waals surface area contributed by atoms with E-state index in [2.05, 4.69) is 55.8 Å². The van der Waals surface area contributed by atoms with Crippen LogP contribution in [0.15, 0.2) is 54.9 Å². The molecule has 1 aliphatic rings. The van der Waals surface area contributed by atoms with Gasteiger partial charge in [-0.25, -0.2) is 4.79 Å². The number of hydrogen-bond acceptors (Lipinski definition) is 4. The van der Waals surface area contributed by atoms with Gasteiger partial charge in [-0.15, -0.1) is 0 Å². The van der Waals surface area contributed by atoms with E-state index in [0.717, 1.165) is 48.6 Å². The average Bonchev–Trinajstić information content (AvgIpc) is 3.25. The fourth-order valence-electron chi connectivity index (χ4n) is 3.58. The number of benzene rings is 1. The Morgan fingerprint density at radius 3 is 2.79 bits per heavy atom. The Hall–Kier alpha value is -3.35. The second-order valence-corrected chi connectivity index (χ2v) is 7.47. The highest BCUT2D eigenvalue weighted by molar-refractivity contribution is 5.74. The van der Waals surface area contributed by atoms with Gasteiger partial charge in [0.25, 0.3) is 0 Å². The maximum Gasteiger partial charge on any atom is 0.315 e. The van der Waals surface area contributed by atoms with Crippen LogP contribution in [-0.4, -0.2) is 40.3 Å². The van der Waals surface area contributed by atoms with E-state index >= 15 is 0 Å². The Morgan fingerprint density at radius 1 is 1.21 bits per heavy atom. The molecule has 0 spiro atoms. The molecule has 0 aliphatic carbocycles. The number of carbonyl (C=O) groups is 1. The van der Waals surface area contributed by atoms with Crippen molar-refractivity contribution in [3.8, 4) is 11.3 Å². The largest absolute Gasteiger partial charge is 0.353 e. The molecule has 3 aromatic rings. The Morgan fingerprint density at radius 2 is 2.00 bits per heavy atom. The number of rotatable bonds is 5. The van der Waals surface area contributed by atoms with E-state index in [0.29, 0.717) is 6.54 Å². The first kappa shape index (κ1) is 19.0. The number of urea groups is 1. The maximum absolute atomic E-state index is 12.3. The monoisotopic (exact) mass is 390 g/mol. The van der Waals surface area contributed by atoms with Crippen molar-refractivity contribution in [2.24, 2.45) is 0 Å². The van der Waals surface area contributed by atoms with Gasteiger partial charge in [0, 0.05) is 49.7 Å². The van der Waals surface area contributed by atoms with Crippen LogP contribution >= 0.6 is 0 Å². The molecule has 1 atom stereocenters. The van der Waals surface area contributed by atoms with Gasteiger partial charge in [-0.3, -0.25) is 10.1 Å². The van der Waals surface area contributed by atoms with Crippen molar-refractivity contribution in [1.82, 2.24) is 25.8 Å². The van der Waals surface area contributed by atoms with Crippen LogP contribution in [0, 0.1) is 6.92 Å². The topological polar surface area (TPSA) is 85.9 Å². The molecule has 1 aliphatic heterocycles. The smallest absolute Gasteiger partial charge is 0.315 e. The molecule has 1 fully saturated rings. The average molecular weight is 390 g/mol. The SMILES string of the molecule is Cc1ccc(CNC(=O)N[C@H]2CCCN(c3cc(-c4ccncc4)[nH]n3)C2)cc1. The quantitative estimate of drug-likeness (QED) is 0.624. The van der Waals surface area contributed by atoms with Crippen LogP contribution in [0.4, 0.5) is 10.6 Å². The summed E-state index contributed by atoms with van der Waals surface area (Å²) in [6.07, 6.45) is 5.52. The van der Waals surface area contributed by atoms with Crippen LogP contribution in [-0.2, 0) is 6.54 Å². The summed E-state index contributed by atoms with van der Waals surface area (Å²) in [5.74, 6) is 0.906. The number of aryl methyl sites for hydroxylation is 1. The maximum atomic E-state index is 12.3. The third-order valence-electron chi connectivity index (χ3n) is 5.21. The van der Waals surface area contributed by atoms with Crippen LogP contribution in [0.25, 0.3) is 11.3 Å². The van der Waals surface area contributed by atoms with Gasteiger partial charge >= 0.3 is 6.03 Å². The van der Waals surface area contributed by atoms with E-state index in [1.807, 2.05) is 24.3 Å². The summed E-state index contributed by atoms with van der Waals surface area (Å²) >= 11 is 0. The molecule has 150 valence electrons. The minimum atomic E-state index is -0.128. The highest BCUT2D eigenvalue weighted by Gasteiger charge is 2.23. The summed E-state index contributed by atoms with van der Waals surface area (Å²) in [5, 5.41) is 13.6. The molecule has 0 radical (unpaired) electrons. The second kappa shape index (κ2) is 8.77. The van der Waals surface area contributed by atoms with Gasteiger partial charge in [0.15, 0.2) is 5.82 Å². The minimum absolute atomic E-state index is 0.0999. The van der Waals surface area contributed by atoms with Gasteiger partial charge in [-0.1, -0.05) is 29.8 Å². The molecular formula is C22H26N6O. The first-order valence-electron chi connectivity index (χ1n) is 9.98. The third-order valence-corrected chi connectivity index (χ3v) is 5.21. The first-order chi connectivity index (χ1) is 14.2. The zero-order valence-electron chi connectivity index (χ0n) is 16.6. The predicted octanol–water partition coefficient (Wildman–Crippen LogP) is 3.25. The number of amides is 2. The van der Waals surface area contributed by atoms with E-state index in [-0.39, 0.29) is 12.1 Å². The van der Waals surface area contributed by atoms with Crippen molar-refractivity contribution in [2.75, 3.05) is 18.0 Å². The summed E-state index contributed by atoms with van der Waals surface area (Å²) in [6.45, 7) is 4.26. The van der Waals surface area contributed by atoms with Gasteiger partial charge in [0.1, 0.15) is 0 Å². The van der Waals surface area contributed by atoms with E-state index in [1.165, 1.54) is 5.56 Å². The molecule has 0 saturated carbocycles. The van der Waals surface area contributed by atoms with Crippen LogP contribution < -0.4 is 15.5 Å². The van der Waals surface area contributed by atoms with E-state index in [4.69, 9.17) is 0 Å². The van der Waals surface area contributed by atoms with E-state index in [9.17, 15) is 4.79 Å². The number of aromatic amines is 1. The standard InChI is InChI=1S/C22H26N6O/c1-16-4-6-17(7-5-16)14-24-22(29)25-19-3-2-12-28(15-19)21-13-20(26-27-21)18-8-10-23-11-9-18/h4-11,13,19H,2-3,12,14-15H2,1H3,(H,26,27)(H2,24,25,29)/t19-/m0/s1. The highest BCUT2D eigenvalue weighted by Crippen LogP contribution is 2.23. The Bertz CT molecular complexity index is 937. The van der Waals surface area contributed by atoms with Crippen molar-refractivity contribution in [3.63, 3.8) is 0 Å². The normalized spacial score (nSPS) is 16.4. The minimum Gasteiger partial charge on any atom is -0.353 e. The number of nitrogens with one attached hydrogen (secondary N) is 3. The lowest BCUT2D eigenvalue weighted by atomic mass is 10.1. The lowest BCUT2D eigenvalue weighted by Crippen LogP contribution is -2.50. The summed E-state index contributed by atoms with van der Waals surface area (Å²) in [6, 6.07) is 14.1. The fourth-order valence-corrected chi connectivity index (χ4v) is 3.58. The number of carbonyl (C=O) groups excluding carboxylic acids is 1. The van der Waals surface area contributed by atoms with Crippen LogP contribution in [0.3, 0.4) is 0 Å². The van der Waals surface area contributed by atoms with Crippen LogP contribution in [0.1, 0.15) is 24.0 Å². The third kappa shape index (κ3) is 4.93. The van der Waals surface area contributed by atoms with Gasteiger partial charge in [-0.05, 0) is 37.5 Å². The number of anilines is 1. The number of aromatic nitrogens is 3. The number of piperidine rings is 1. The van der Waals surface area contributed by atoms with Gasteiger partial charge in [-0.2, -0.15) is 5.10 Å². The summed E-state index contributed by atoms with van der Waals surface area (Å²) in [4.78, 5) is 18.6. The molecule has 7 nitrogen and oxygen atoms in total. The first-order valence-corrected chi connectivity index (χ1v) is 9.98. The molecule has 1 aromatic carbocycles. The Labute approximate surface area is 170 Å². The molecule has 0 bridgehead atoms. The summed E-state index contributed by atoms with van der Waals surface area (Å²) < 4.78 is 0. The lowest BCUT2D eigenvalue weighted by molar-refractivity contribution is 0.234. The number of nitrogens with zero attached hydrogens (tertiary/aromatic N) is 3. The zero-order chi connectivity index (χ0) is 20.1. The number of hydrogen-bond donors (Lipinski definition) is 3. The molecular weight excluding hydrogens is 364 g/mol. The van der Waals surface area contributed by atoms with Gasteiger partial charge < -0.3 is 15.5 Å². The molecule has 2 amide bonds. The molecule has 3 N–H and O–H groups in total. The molecule has 0 unspecified atom stereocenters. The zero-order valence-corrected chi connectivity index (χ0v) is 16.6. The van der Waals surface area contributed by atoms with Crippen molar-refractivity contribution in [3.05, 3.63) is 66.0 Å². The molecule has 7 heteroatoms. The van der Waals surface area contributed by atoms with Crippen LogP contribution in [0.2, 0.25) is 0 Å². The summed E-state index contributed by atoms with van der Waals surface area (Å²) in [7, 11) is 0. The molecule has 1 saturated heterocycles. The molecule has 29 heavy (non-hydrogen) atoms. The van der Waals surface area contributed by atoms with E-state index in [1.54, 1.807) is 12.4 Å². The molecule has 2 aromatic heterocycles. The van der Waals surface area contributed by atoms with Crippen molar-refractivity contribution in [1.29, 1.82) is 0 Å². The lowest BCUT2D eigenvalue weighted by Gasteiger charge is -2.33. The van der Waals surface area contributed by atoms with Crippen molar-refractivity contribution < 1.29 is 4.79 Å². The Kier molecular flexibility index (Phi) is 5.74. The van der Waals surface area contributed by atoms with Gasteiger partial charge in [0.2, 0.25) is 0 Å². The second-order valence-electron chi connectivity index (χ2n) is 7.47. The van der Waals surface area contributed by atoms with Crippen molar-refractivity contribution >= 4 is 11.8 Å². The molecule has 4 rings (SSSR count). The Balaban J connectivity index is 1.31.